The summed E-state index contributed by atoms with van der Waals surface area (Å²) in [6.45, 7) is 0.287. The van der Waals surface area contributed by atoms with Crippen molar-refractivity contribution < 1.29 is 19.1 Å². The number of carbonyl (C=O) groups excluding carboxylic acids is 3. The number of nitrogens with one attached hydrogen (secondary N) is 2. The van der Waals surface area contributed by atoms with E-state index in [9.17, 15) is 14.4 Å². The Labute approximate surface area is 162 Å². The molecule has 4 amide bonds. The fourth-order valence-electron chi connectivity index (χ4n) is 3.00. The van der Waals surface area contributed by atoms with Crippen LogP contribution in [0, 0.1) is 0 Å². The molecule has 1 saturated heterocycles. The molecule has 0 saturated carbocycles. The summed E-state index contributed by atoms with van der Waals surface area (Å²) in [6, 6.07) is 6.38. The molecule has 0 radical (unpaired) electrons. The molecule has 2 aromatic rings. The van der Waals surface area contributed by atoms with Crippen LogP contribution in [0.2, 0.25) is 0 Å². The van der Waals surface area contributed by atoms with Gasteiger partial charge in [0.25, 0.3) is 5.91 Å². The van der Waals surface area contributed by atoms with E-state index in [1.807, 2.05) is 24.3 Å². The zero-order chi connectivity index (χ0) is 20.1. The van der Waals surface area contributed by atoms with Gasteiger partial charge in [0.05, 0.1) is 19.0 Å². The first-order valence-corrected chi connectivity index (χ1v) is 8.99. The van der Waals surface area contributed by atoms with Crippen LogP contribution in [0.5, 0.6) is 5.75 Å². The van der Waals surface area contributed by atoms with Crippen LogP contribution in [0.1, 0.15) is 18.4 Å². The number of imide groups is 1. The molecule has 1 aromatic heterocycles. The molecule has 1 aromatic carbocycles. The van der Waals surface area contributed by atoms with Gasteiger partial charge in [0.1, 0.15) is 11.8 Å². The second kappa shape index (κ2) is 8.55. The SMILES string of the molecule is COc1ccc(CCN2C(=O)N[C@@H](CCC(=O)Nc3cnn(C)c3)C2=O)cc1. The van der Waals surface area contributed by atoms with Crippen molar-refractivity contribution >= 4 is 23.5 Å². The number of methoxy groups -OCH3 is 1. The van der Waals surface area contributed by atoms with Crippen LogP contribution >= 0.6 is 0 Å². The maximum atomic E-state index is 12.5. The summed E-state index contributed by atoms with van der Waals surface area (Å²) in [5.74, 6) is 0.225. The number of rotatable bonds is 8. The Kier molecular flexibility index (Phi) is 5.93. The lowest BCUT2D eigenvalue weighted by Gasteiger charge is -2.13. The van der Waals surface area contributed by atoms with E-state index in [1.54, 1.807) is 31.2 Å². The first kappa shape index (κ1) is 19.4. The molecule has 28 heavy (non-hydrogen) atoms. The maximum absolute atomic E-state index is 12.5. The summed E-state index contributed by atoms with van der Waals surface area (Å²) in [6.07, 6.45) is 4.15. The Morgan fingerprint density at radius 3 is 2.68 bits per heavy atom. The van der Waals surface area contributed by atoms with E-state index in [0.29, 0.717) is 12.1 Å². The molecule has 1 aliphatic rings. The molecule has 1 atom stereocenters. The second-order valence-corrected chi connectivity index (χ2v) is 6.58. The predicted molar refractivity (Wildman–Crippen MR) is 102 cm³/mol. The molecular formula is C19H23N5O4. The van der Waals surface area contributed by atoms with Crippen LogP contribution in [0.3, 0.4) is 0 Å². The van der Waals surface area contributed by atoms with Gasteiger partial charge in [0.15, 0.2) is 0 Å². The molecule has 9 nitrogen and oxygen atoms in total. The van der Waals surface area contributed by atoms with Crippen molar-refractivity contribution in [3.63, 3.8) is 0 Å². The maximum Gasteiger partial charge on any atom is 0.324 e. The molecule has 2 heterocycles. The number of urea groups is 1. The molecule has 0 aliphatic carbocycles. The van der Waals surface area contributed by atoms with Gasteiger partial charge in [-0.1, -0.05) is 12.1 Å². The highest BCUT2D eigenvalue weighted by atomic mass is 16.5. The zero-order valence-corrected chi connectivity index (χ0v) is 15.8. The Balaban J connectivity index is 1.47. The van der Waals surface area contributed by atoms with Crippen molar-refractivity contribution in [3.05, 3.63) is 42.2 Å². The molecule has 148 valence electrons. The van der Waals surface area contributed by atoms with E-state index in [-0.39, 0.29) is 31.2 Å². The van der Waals surface area contributed by atoms with Crippen molar-refractivity contribution in [1.82, 2.24) is 20.0 Å². The third-order valence-corrected chi connectivity index (χ3v) is 4.54. The highest BCUT2D eigenvalue weighted by Gasteiger charge is 2.37. The van der Waals surface area contributed by atoms with E-state index in [4.69, 9.17) is 4.74 Å². The van der Waals surface area contributed by atoms with E-state index in [2.05, 4.69) is 15.7 Å². The molecule has 0 bridgehead atoms. The van der Waals surface area contributed by atoms with Crippen molar-refractivity contribution in [2.75, 3.05) is 19.0 Å². The van der Waals surface area contributed by atoms with Gasteiger partial charge in [-0.3, -0.25) is 19.2 Å². The minimum absolute atomic E-state index is 0.123. The monoisotopic (exact) mass is 385 g/mol. The average molecular weight is 385 g/mol. The van der Waals surface area contributed by atoms with Gasteiger partial charge in [-0.05, 0) is 30.5 Å². The van der Waals surface area contributed by atoms with Gasteiger partial charge in [-0.2, -0.15) is 5.10 Å². The average Bonchev–Trinajstić information content (AvgIpc) is 3.21. The van der Waals surface area contributed by atoms with Crippen molar-refractivity contribution in [2.45, 2.75) is 25.3 Å². The molecule has 0 spiro atoms. The molecule has 1 fully saturated rings. The van der Waals surface area contributed by atoms with E-state index < -0.39 is 12.1 Å². The predicted octanol–water partition coefficient (Wildman–Crippen LogP) is 1.31. The number of nitrogens with zero attached hydrogens (tertiary/aromatic N) is 3. The number of aromatic nitrogens is 2. The topological polar surface area (TPSA) is 106 Å². The second-order valence-electron chi connectivity index (χ2n) is 6.58. The van der Waals surface area contributed by atoms with Gasteiger partial charge in [0.2, 0.25) is 5.91 Å². The number of benzene rings is 1. The summed E-state index contributed by atoms with van der Waals surface area (Å²) in [5, 5.41) is 9.33. The normalized spacial score (nSPS) is 16.2. The lowest BCUT2D eigenvalue weighted by atomic mass is 10.1. The minimum Gasteiger partial charge on any atom is -0.497 e. The lowest BCUT2D eigenvalue weighted by molar-refractivity contribution is -0.127. The van der Waals surface area contributed by atoms with Gasteiger partial charge in [-0.15, -0.1) is 0 Å². The van der Waals surface area contributed by atoms with Crippen molar-refractivity contribution in [2.24, 2.45) is 7.05 Å². The highest BCUT2D eigenvalue weighted by molar-refractivity contribution is 6.04. The number of carbonyl (C=O) groups is 3. The Bertz CT molecular complexity index is 861. The number of amides is 4. The molecule has 3 rings (SSSR count). The summed E-state index contributed by atoms with van der Waals surface area (Å²) in [5.41, 5.74) is 1.59. The summed E-state index contributed by atoms with van der Waals surface area (Å²) in [7, 11) is 3.35. The Morgan fingerprint density at radius 1 is 1.29 bits per heavy atom. The lowest BCUT2D eigenvalue weighted by Crippen LogP contribution is -2.33. The summed E-state index contributed by atoms with van der Waals surface area (Å²) < 4.78 is 6.69. The smallest absolute Gasteiger partial charge is 0.324 e. The van der Waals surface area contributed by atoms with Crippen LogP contribution in [0.4, 0.5) is 10.5 Å². The van der Waals surface area contributed by atoms with E-state index in [0.717, 1.165) is 11.3 Å². The van der Waals surface area contributed by atoms with Crippen LogP contribution in [0.15, 0.2) is 36.7 Å². The van der Waals surface area contributed by atoms with E-state index in [1.165, 1.54) is 4.90 Å². The number of ether oxygens (including phenoxy) is 1. The fourth-order valence-corrected chi connectivity index (χ4v) is 3.00. The van der Waals surface area contributed by atoms with Crippen LogP contribution in [-0.2, 0) is 23.1 Å². The number of anilines is 1. The third-order valence-electron chi connectivity index (χ3n) is 4.54. The van der Waals surface area contributed by atoms with Crippen LogP contribution in [-0.4, -0.2) is 52.2 Å². The summed E-state index contributed by atoms with van der Waals surface area (Å²) in [4.78, 5) is 37.8. The van der Waals surface area contributed by atoms with Crippen LogP contribution < -0.4 is 15.4 Å². The van der Waals surface area contributed by atoms with Gasteiger partial charge >= 0.3 is 6.03 Å². The number of hydrogen-bond acceptors (Lipinski definition) is 5. The Hall–Kier alpha value is -3.36. The zero-order valence-electron chi connectivity index (χ0n) is 15.8. The van der Waals surface area contributed by atoms with Crippen molar-refractivity contribution in [3.8, 4) is 5.75 Å². The fraction of sp³-hybridized carbons (Fsp3) is 0.368. The van der Waals surface area contributed by atoms with Crippen LogP contribution in [0.25, 0.3) is 0 Å². The van der Waals surface area contributed by atoms with E-state index >= 15 is 0 Å². The van der Waals surface area contributed by atoms with Gasteiger partial charge < -0.3 is 15.4 Å². The molecule has 2 N–H and O–H groups in total. The summed E-state index contributed by atoms with van der Waals surface area (Å²) >= 11 is 0. The first-order chi connectivity index (χ1) is 13.5. The molecule has 1 aliphatic heterocycles. The number of hydrogen-bond donors (Lipinski definition) is 2. The van der Waals surface area contributed by atoms with Gasteiger partial charge in [0, 0.05) is 26.2 Å². The first-order valence-electron chi connectivity index (χ1n) is 8.99. The van der Waals surface area contributed by atoms with Crippen molar-refractivity contribution in [1.29, 1.82) is 0 Å². The molecular weight excluding hydrogens is 362 g/mol. The molecule has 0 unspecified atom stereocenters. The number of aryl methyl sites for hydroxylation is 1. The Morgan fingerprint density at radius 2 is 2.04 bits per heavy atom. The highest BCUT2D eigenvalue weighted by Crippen LogP contribution is 2.15. The minimum atomic E-state index is -0.678. The van der Waals surface area contributed by atoms with Gasteiger partial charge in [-0.25, -0.2) is 4.79 Å². The quantitative estimate of drug-likeness (QED) is 0.667. The molecule has 9 heteroatoms. The largest absolute Gasteiger partial charge is 0.497 e. The standard InChI is InChI=1S/C19H23N5O4/c1-23-12-14(11-20-23)21-17(25)8-7-16-18(26)24(19(27)22-16)10-9-13-3-5-15(28-2)6-4-13/h3-6,11-12,16H,7-10H2,1-2H3,(H,21,25)(H,22,27)/t16-/m0/s1. The third kappa shape index (κ3) is 4.67.